The Bertz CT molecular complexity index is 378. The normalized spacial score (nSPS) is 14.9. The largest absolute Gasteiger partial charge is 0.469 e. The standard InChI is InChI=1S/C15H27N3OS/c1-5-12(2)18-15(17-11-13(3)20-4)16-9-8-14-7-6-10-19-14/h6-7,10,12-13H,5,8-9,11H2,1-4H3,(H2,16,17,18). The average Bonchev–Trinajstić information content (AvgIpc) is 2.97. The van der Waals surface area contributed by atoms with Crippen molar-refractivity contribution >= 4 is 17.7 Å². The van der Waals surface area contributed by atoms with Gasteiger partial charge in [-0.25, -0.2) is 0 Å². The van der Waals surface area contributed by atoms with Crippen LogP contribution < -0.4 is 10.6 Å². The topological polar surface area (TPSA) is 49.6 Å². The molecule has 0 fully saturated rings. The van der Waals surface area contributed by atoms with Gasteiger partial charge in [0.25, 0.3) is 0 Å². The molecule has 5 heteroatoms. The number of nitrogens with one attached hydrogen (secondary N) is 2. The molecule has 0 saturated heterocycles. The number of hydrogen-bond acceptors (Lipinski definition) is 3. The van der Waals surface area contributed by atoms with Crippen LogP contribution in [0, 0.1) is 0 Å². The van der Waals surface area contributed by atoms with Crippen LogP contribution in [0.4, 0.5) is 0 Å². The van der Waals surface area contributed by atoms with Crippen molar-refractivity contribution in [1.29, 1.82) is 0 Å². The molecular formula is C15H27N3OS. The highest BCUT2D eigenvalue weighted by Gasteiger charge is 2.05. The maximum atomic E-state index is 5.33. The second-order valence-corrected chi connectivity index (χ2v) is 6.22. The van der Waals surface area contributed by atoms with E-state index in [0.717, 1.165) is 37.7 Å². The summed E-state index contributed by atoms with van der Waals surface area (Å²) in [6.45, 7) is 8.18. The molecular weight excluding hydrogens is 270 g/mol. The lowest BCUT2D eigenvalue weighted by atomic mass is 10.3. The Hall–Kier alpha value is -1.10. The lowest BCUT2D eigenvalue weighted by Gasteiger charge is -2.17. The van der Waals surface area contributed by atoms with E-state index in [9.17, 15) is 0 Å². The lowest BCUT2D eigenvalue weighted by molar-refractivity contribution is 0.506. The van der Waals surface area contributed by atoms with Crippen molar-refractivity contribution in [2.24, 2.45) is 4.99 Å². The van der Waals surface area contributed by atoms with Gasteiger partial charge in [-0.3, -0.25) is 4.99 Å². The number of rotatable bonds is 8. The second kappa shape index (κ2) is 9.75. The molecule has 1 rings (SSSR count). The highest BCUT2D eigenvalue weighted by molar-refractivity contribution is 7.99. The van der Waals surface area contributed by atoms with Gasteiger partial charge in [-0.05, 0) is 31.7 Å². The summed E-state index contributed by atoms with van der Waals surface area (Å²) < 4.78 is 5.33. The summed E-state index contributed by atoms with van der Waals surface area (Å²) in [4.78, 5) is 4.64. The molecule has 0 bridgehead atoms. The van der Waals surface area contributed by atoms with E-state index in [1.165, 1.54) is 0 Å². The fraction of sp³-hybridized carbons (Fsp3) is 0.667. The minimum atomic E-state index is 0.425. The first-order chi connectivity index (χ1) is 9.65. The number of thioether (sulfide) groups is 1. The number of furan rings is 1. The highest BCUT2D eigenvalue weighted by Crippen LogP contribution is 2.04. The zero-order chi connectivity index (χ0) is 14.8. The highest BCUT2D eigenvalue weighted by atomic mass is 32.2. The van der Waals surface area contributed by atoms with Gasteiger partial charge < -0.3 is 15.1 Å². The third-order valence-electron chi connectivity index (χ3n) is 3.15. The van der Waals surface area contributed by atoms with Crippen LogP contribution in [-0.2, 0) is 6.42 Å². The number of guanidine groups is 1. The molecule has 0 amide bonds. The molecule has 2 unspecified atom stereocenters. The zero-order valence-corrected chi connectivity index (χ0v) is 13.8. The van der Waals surface area contributed by atoms with Crippen LogP contribution in [-0.4, -0.2) is 36.6 Å². The van der Waals surface area contributed by atoms with Crippen LogP contribution >= 0.6 is 11.8 Å². The van der Waals surface area contributed by atoms with Gasteiger partial charge in [0.1, 0.15) is 5.76 Å². The summed E-state index contributed by atoms with van der Waals surface area (Å²) in [7, 11) is 0. The molecule has 2 atom stereocenters. The molecule has 0 aliphatic heterocycles. The van der Waals surface area contributed by atoms with E-state index in [1.807, 2.05) is 23.9 Å². The Morgan fingerprint density at radius 1 is 1.45 bits per heavy atom. The van der Waals surface area contributed by atoms with Gasteiger partial charge >= 0.3 is 0 Å². The summed E-state index contributed by atoms with van der Waals surface area (Å²) in [6, 6.07) is 4.34. The van der Waals surface area contributed by atoms with Gasteiger partial charge in [0, 0.05) is 24.3 Å². The van der Waals surface area contributed by atoms with Crippen molar-refractivity contribution in [1.82, 2.24) is 10.6 Å². The molecule has 4 nitrogen and oxygen atoms in total. The van der Waals surface area contributed by atoms with Crippen LogP contribution in [0.2, 0.25) is 0 Å². The molecule has 0 aromatic carbocycles. The zero-order valence-electron chi connectivity index (χ0n) is 13.0. The van der Waals surface area contributed by atoms with Crippen molar-refractivity contribution in [3.63, 3.8) is 0 Å². The van der Waals surface area contributed by atoms with Crippen molar-refractivity contribution < 1.29 is 4.42 Å². The van der Waals surface area contributed by atoms with Crippen molar-refractivity contribution in [2.75, 3.05) is 19.3 Å². The number of nitrogens with zero attached hydrogens (tertiary/aromatic N) is 1. The van der Waals surface area contributed by atoms with Crippen LogP contribution in [0.25, 0.3) is 0 Å². The Kier molecular flexibility index (Phi) is 8.26. The van der Waals surface area contributed by atoms with Gasteiger partial charge in [-0.1, -0.05) is 13.8 Å². The maximum Gasteiger partial charge on any atom is 0.191 e. The molecule has 1 aromatic heterocycles. The first kappa shape index (κ1) is 17.0. The summed E-state index contributed by atoms with van der Waals surface area (Å²) in [6.07, 6.45) is 5.78. The molecule has 20 heavy (non-hydrogen) atoms. The summed E-state index contributed by atoms with van der Waals surface area (Å²) in [5, 5.41) is 7.34. The molecule has 1 aromatic rings. The van der Waals surface area contributed by atoms with Crippen LogP contribution in [0.5, 0.6) is 0 Å². The molecule has 0 spiro atoms. The molecule has 0 radical (unpaired) electrons. The number of hydrogen-bond donors (Lipinski definition) is 2. The van der Waals surface area contributed by atoms with Gasteiger partial charge in [-0.2, -0.15) is 11.8 Å². The Labute approximate surface area is 126 Å². The van der Waals surface area contributed by atoms with Gasteiger partial charge in [0.2, 0.25) is 0 Å². The van der Waals surface area contributed by atoms with E-state index in [1.54, 1.807) is 6.26 Å². The average molecular weight is 297 g/mol. The molecule has 1 heterocycles. The monoisotopic (exact) mass is 297 g/mol. The third-order valence-corrected chi connectivity index (χ3v) is 4.10. The third kappa shape index (κ3) is 6.89. The van der Waals surface area contributed by atoms with Gasteiger partial charge in [0.15, 0.2) is 5.96 Å². The number of aliphatic imine (C=N–C) groups is 1. The Morgan fingerprint density at radius 2 is 2.25 bits per heavy atom. The Balaban J connectivity index is 2.44. The quantitative estimate of drug-likeness (QED) is 0.572. The van der Waals surface area contributed by atoms with Crippen LogP contribution in [0.15, 0.2) is 27.8 Å². The lowest BCUT2D eigenvalue weighted by Crippen LogP contribution is -2.43. The van der Waals surface area contributed by atoms with Gasteiger partial charge in [-0.15, -0.1) is 0 Å². The fourth-order valence-electron chi connectivity index (χ4n) is 1.54. The fourth-order valence-corrected chi connectivity index (χ4v) is 1.76. The molecule has 0 saturated carbocycles. The van der Waals surface area contributed by atoms with E-state index in [-0.39, 0.29) is 0 Å². The predicted octanol–water partition coefficient (Wildman–Crippen LogP) is 2.91. The van der Waals surface area contributed by atoms with E-state index in [2.05, 4.69) is 42.7 Å². The minimum Gasteiger partial charge on any atom is -0.469 e. The SMILES string of the molecule is CCC(C)NC(=NCC(C)SC)NCCc1ccco1. The molecule has 114 valence electrons. The van der Waals surface area contributed by atoms with Crippen molar-refractivity contribution in [2.45, 2.75) is 44.9 Å². The van der Waals surface area contributed by atoms with Crippen molar-refractivity contribution in [3.05, 3.63) is 24.2 Å². The van der Waals surface area contributed by atoms with Gasteiger partial charge in [0.05, 0.1) is 12.8 Å². The van der Waals surface area contributed by atoms with Crippen LogP contribution in [0.3, 0.4) is 0 Å². The van der Waals surface area contributed by atoms with E-state index >= 15 is 0 Å². The van der Waals surface area contributed by atoms with E-state index < -0.39 is 0 Å². The maximum absolute atomic E-state index is 5.33. The smallest absolute Gasteiger partial charge is 0.191 e. The summed E-state index contributed by atoms with van der Waals surface area (Å²) >= 11 is 1.84. The van der Waals surface area contributed by atoms with E-state index in [4.69, 9.17) is 4.42 Å². The van der Waals surface area contributed by atoms with Crippen molar-refractivity contribution in [3.8, 4) is 0 Å². The van der Waals surface area contributed by atoms with Crippen LogP contribution in [0.1, 0.15) is 33.0 Å². The van der Waals surface area contributed by atoms with E-state index in [0.29, 0.717) is 11.3 Å². The first-order valence-electron chi connectivity index (χ1n) is 7.25. The summed E-state index contributed by atoms with van der Waals surface area (Å²) in [5.41, 5.74) is 0. The summed E-state index contributed by atoms with van der Waals surface area (Å²) in [5.74, 6) is 1.89. The minimum absolute atomic E-state index is 0.425. The molecule has 0 aliphatic carbocycles. The molecule has 0 aliphatic rings. The molecule has 2 N–H and O–H groups in total. The predicted molar refractivity (Wildman–Crippen MR) is 88.6 cm³/mol. The second-order valence-electron chi connectivity index (χ2n) is 4.95. The first-order valence-corrected chi connectivity index (χ1v) is 8.54. The Morgan fingerprint density at radius 3 is 2.85 bits per heavy atom.